The molecule has 2 rings (SSSR count). The van der Waals surface area contributed by atoms with Crippen LogP contribution in [0.3, 0.4) is 0 Å². The molecule has 1 heterocycles. The van der Waals surface area contributed by atoms with E-state index in [2.05, 4.69) is 5.32 Å². The number of amides is 1. The number of hydrogen-bond donors (Lipinski definition) is 1. The van der Waals surface area contributed by atoms with E-state index in [1.165, 1.54) is 23.9 Å². The Morgan fingerprint density at radius 1 is 1.45 bits per heavy atom. The average molecular weight is 327 g/mol. The molecule has 22 heavy (non-hydrogen) atoms. The van der Waals surface area contributed by atoms with E-state index in [9.17, 15) is 9.18 Å². The lowest BCUT2D eigenvalue weighted by atomic mass is 10.1. The van der Waals surface area contributed by atoms with Gasteiger partial charge in [0.1, 0.15) is 11.6 Å². The van der Waals surface area contributed by atoms with Crippen LogP contribution in [0.25, 0.3) is 0 Å². The van der Waals surface area contributed by atoms with E-state index in [4.69, 9.17) is 9.47 Å². The highest BCUT2D eigenvalue weighted by Gasteiger charge is 2.22. The monoisotopic (exact) mass is 327 g/mol. The van der Waals surface area contributed by atoms with E-state index in [0.29, 0.717) is 23.7 Å². The maximum Gasteiger partial charge on any atom is 0.233 e. The molecule has 0 aromatic heterocycles. The molecule has 1 amide bonds. The summed E-state index contributed by atoms with van der Waals surface area (Å²) in [6, 6.07) is 2.89. The quantitative estimate of drug-likeness (QED) is 0.922. The third kappa shape index (κ3) is 4.61. The molecule has 0 aliphatic carbocycles. The van der Waals surface area contributed by atoms with Gasteiger partial charge in [-0.15, -0.1) is 11.8 Å². The summed E-state index contributed by atoms with van der Waals surface area (Å²) in [4.78, 5) is 12.1. The summed E-state index contributed by atoms with van der Waals surface area (Å²) in [5.74, 6) is 0.865. The van der Waals surface area contributed by atoms with Crippen molar-refractivity contribution in [2.75, 3.05) is 6.79 Å². The second-order valence-corrected chi connectivity index (χ2v) is 7.69. The van der Waals surface area contributed by atoms with Crippen LogP contribution in [0.15, 0.2) is 12.1 Å². The Morgan fingerprint density at radius 3 is 2.86 bits per heavy atom. The van der Waals surface area contributed by atoms with E-state index >= 15 is 0 Å². The molecule has 1 aliphatic heterocycles. The summed E-state index contributed by atoms with van der Waals surface area (Å²) in [7, 11) is 0. The lowest BCUT2D eigenvalue weighted by Gasteiger charge is -2.24. The van der Waals surface area contributed by atoms with Crippen LogP contribution in [0.1, 0.15) is 38.8 Å². The highest BCUT2D eigenvalue weighted by Crippen LogP contribution is 2.32. The molecule has 4 nitrogen and oxygen atoms in total. The SMILES string of the molecule is CC(SCc1cc(F)cc2c1OCOC2)C(=O)NC(C)(C)C. The molecule has 0 spiro atoms. The van der Waals surface area contributed by atoms with E-state index in [0.717, 1.165) is 5.56 Å². The number of benzene rings is 1. The Kier molecular flexibility index (Phi) is 5.34. The maximum atomic E-state index is 13.7. The van der Waals surface area contributed by atoms with Crippen molar-refractivity contribution in [3.63, 3.8) is 0 Å². The first kappa shape index (κ1) is 17.1. The molecule has 0 saturated heterocycles. The molecule has 0 saturated carbocycles. The molecule has 122 valence electrons. The van der Waals surface area contributed by atoms with Gasteiger partial charge in [0.2, 0.25) is 5.91 Å². The van der Waals surface area contributed by atoms with Crippen LogP contribution in [0, 0.1) is 5.82 Å². The van der Waals surface area contributed by atoms with Crippen LogP contribution in [0.4, 0.5) is 4.39 Å². The van der Waals surface area contributed by atoms with Crippen LogP contribution in [-0.4, -0.2) is 23.5 Å². The zero-order valence-corrected chi connectivity index (χ0v) is 14.2. The van der Waals surface area contributed by atoms with Crippen molar-refractivity contribution >= 4 is 17.7 Å². The van der Waals surface area contributed by atoms with Gasteiger partial charge in [-0.2, -0.15) is 0 Å². The summed E-state index contributed by atoms with van der Waals surface area (Å²) in [6.45, 7) is 8.21. The summed E-state index contributed by atoms with van der Waals surface area (Å²) >= 11 is 1.46. The molecule has 0 bridgehead atoms. The first-order valence-electron chi connectivity index (χ1n) is 7.22. The van der Waals surface area contributed by atoms with Gasteiger partial charge in [-0.1, -0.05) is 0 Å². The molecular weight excluding hydrogens is 305 g/mol. The maximum absolute atomic E-state index is 13.7. The topological polar surface area (TPSA) is 47.6 Å². The number of ether oxygens (including phenoxy) is 2. The van der Waals surface area contributed by atoms with Crippen LogP contribution < -0.4 is 10.1 Å². The van der Waals surface area contributed by atoms with Crippen LogP contribution in [0.2, 0.25) is 0 Å². The zero-order chi connectivity index (χ0) is 16.3. The fourth-order valence-electron chi connectivity index (χ4n) is 2.13. The molecule has 1 aliphatic rings. The van der Waals surface area contributed by atoms with Crippen LogP contribution in [0.5, 0.6) is 5.75 Å². The molecule has 1 unspecified atom stereocenters. The van der Waals surface area contributed by atoms with Crippen molar-refractivity contribution in [2.24, 2.45) is 0 Å². The van der Waals surface area contributed by atoms with Crippen LogP contribution >= 0.6 is 11.8 Å². The largest absolute Gasteiger partial charge is 0.467 e. The molecule has 0 radical (unpaired) electrons. The van der Waals surface area contributed by atoms with E-state index in [1.54, 1.807) is 0 Å². The molecule has 6 heteroatoms. The molecule has 1 N–H and O–H groups in total. The lowest BCUT2D eigenvalue weighted by Crippen LogP contribution is -2.44. The average Bonchev–Trinajstić information content (AvgIpc) is 2.42. The van der Waals surface area contributed by atoms with E-state index in [1.807, 2.05) is 27.7 Å². The van der Waals surface area contributed by atoms with Gasteiger partial charge in [0.05, 0.1) is 11.9 Å². The standard InChI is InChI=1S/C16H22FNO3S/c1-10(15(19)18-16(2,3)4)22-8-12-6-13(17)5-11-7-20-9-21-14(11)12/h5-6,10H,7-9H2,1-4H3,(H,18,19). The minimum absolute atomic E-state index is 0.0213. The number of carbonyl (C=O) groups excluding carboxylic acids is 1. The Hall–Kier alpha value is -1.27. The van der Waals surface area contributed by atoms with Crippen molar-refractivity contribution in [3.05, 3.63) is 29.1 Å². The Labute approximate surface area is 134 Å². The summed E-state index contributed by atoms with van der Waals surface area (Å²) in [5, 5.41) is 2.72. The summed E-state index contributed by atoms with van der Waals surface area (Å²) in [5.41, 5.74) is 1.22. The Bertz CT molecular complexity index is 557. The molecule has 1 aromatic carbocycles. The van der Waals surface area contributed by atoms with Crippen LogP contribution in [-0.2, 0) is 21.9 Å². The van der Waals surface area contributed by atoms with Gasteiger partial charge in [0, 0.05) is 22.4 Å². The lowest BCUT2D eigenvalue weighted by molar-refractivity contribution is -0.121. The van der Waals surface area contributed by atoms with Gasteiger partial charge >= 0.3 is 0 Å². The first-order chi connectivity index (χ1) is 10.3. The fourth-order valence-corrected chi connectivity index (χ4v) is 2.98. The molecule has 1 atom stereocenters. The van der Waals surface area contributed by atoms with Gasteiger partial charge in [-0.25, -0.2) is 4.39 Å². The third-order valence-electron chi connectivity index (χ3n) is 3.11. The normalized spacial score (nSPS) is 15.7. The fraction of sp³-hybridized carbons (Fsp3) is 0.562. The Balaban J connectivity index is 2.02. The number of fused-ring (bicyclic) bond motifs is 1. The van der Waals surface area contributed by atoms with Gasteiger partial charge in [-0.3, -0.25) is 4.79 Å². The zero-order valence-electron chi connectivity index (χ0n) is 13.4. The van der Waals surface area contributed by atoms with Crippen molar-refractivity contribution in [2.45, 2.75) is 50.8 Å². The Morgan fingerprint density at radius 2 is 2.18 bits per heavy atom. The van der Waals surface area contributed by atoms with E-state index < -0.39 is 0 Å². The highest BCUT2D eigenvalue weighted by molar-refractivity contribution is 7.99. The third-order valence-corrected chi connectivity index (χ3v) is 4.30. The number of carbonyl (C=O) groups is 1. The smallest absolute Gasteiger partial charge is 0.233 e. The second kappa shape index (κ2) is 6.87. The number of hydrogen-bond acceptors (Lipinski definition) is 4. The van der Waals surface area contributed by atoms with Crippen molar-refractivity contribution in [1.29, 1.82) is 0 Å². The number of halogens is 1. The predicted molar refractivity (Wildman–Crippen MR) is 85.3 cm³/mol. The predicted octanol–water partition coefficient (Wildman–Crippen LogP) is 3.23. The van der Waals surface area contributed by atoms with Gasteiger partial charge in [-0.05, 0) is 39.8 Å². The highest BCUT2D eigenvalue weighted by atomic mass is 32.2. The molecular formula is C16H22FNO3S. The molecule has 0 fully saturated rings. The second-order valence-electron chi connectivity index (χ2n) is 6.36. The van der Waals surface area contributed by atoms with Crippen molar-refractivity contribution in [1.82, 2.24) is 5.32 Å². The minimum atomic E-state index is -0.310. The van der Waals surface area contributed by atoms with Gasteiger partial charge in [0.15, 0.2) is 6.79 Å². The first-order valence-corrected chi connectivity index (χ1v) is 8.26. The molecule has 1 aromatic rings. The minimum Gasteiger partial charge on any atom is -0.467 e. The number of rotatable bonds is 4. The van der Waals surface area contributed by atoms with Crippen molar-refractivity contribution in [3.8, 4) is 5.75 Å². The van der Waals surface area contributed by atoms with E-state index in [-0.39, 0.29) is 29.3 Å². The summed E-state index contributed by atoms with van der Waals surface area (Å²) in [6.07, 6.45) is 0. The van der Waals surface area contributed by atoms with Gasteiger partial charge in [0.25, 0.3) is 0 Å². The van der Waals surface area contributed by atoms with Crippen molar-refractivity contribution < 1.29 is 18.7 Å². The number of thioether (sulfide) groups is 1. The van der Waals surface area contributed by atoms with Gasteiger partial charge < -0.3 is 14.8 Å². The number of nitrogens with one attached hydrogen (secondary N) is 1. The summed E-state index contributed by atoms with van der Waals surface area (Å²) < 4.78 is 24.3.